The van der Waals surface area contributed by atoms with Crippen LogP contribution in [0.3, 0.4) is 0 Å². The number of nitrogens with zero attached hydrogens (tertiary/aromatic N) is 1. The molecule has 2 rings (SSSR count). The summed E-state index contributed by atoms with van der Waals surface area (Å²) in [6.45, 7) is 0. The number of hydrogen-bond acceptors (Lipinski definition) is 2. The molecule has 0 aliphatic carbocycles. The molecule has 0 unspecified atom stereocenters. The third-order valence-electron chi connectivity index (χ3n) is 2.12. The summed E-state index contributed by atoms with van der Waals surface area (Å²) in [7, 11) is 0. The standard InChI is InChI=1S/C12H6Cl2FNO/c13-8-3-7(4-9(14)5-8)12-11(15)2-1-10(6-17)16-12/h1-6H. The SMILES string of the molecule is O=Cc1ccc(F)c(-c2cc(Cl)cc(Cl)c2)n1. The van der Waals surface area contributed by atoms with E-state index in [0.29, 0.717) is 21.9 Å². The van der Waals surface area contributed by atoms with Gasteiger partial charge >= 0.3 is 0 Å². The quantitative estimate of drug-likeness (QED) is 0.772. The number of halogens is 3. The van der Waals surface area contributed by atoms with E-state index in [0.717, 1.165) is 0 Å². The van der Waals surface area contributed by atoms with Crippen LogP contribution < -0.4 is 0 Å². The number of aromatic nitrogens is 1. The maximum Gasteiger partial charge on any atom is 0.168 e. The van der Waals surface area contributed by atoms with Gasteiger partial charge in [0.25, 0.3) is 0 Å². The fourth-order valence-corrected chi connectivity index (χ4v) is 1.94. The summed E-state index contributed by atoms with van der Waals surface area (Å²) in [5.74, 6) is -0.533. The maximum absolute atomic E-state index is 13.6. The highest BCUT2D eigenvalue weighted by Crippen LogP contribution is 2.27. The Morgan fingerprint density at radius 1 is 1.12 bits per heavy atom. The van der Waals surface area contributed by atoms with Crippen LogP contribution in [0.25, 0.3) is 11.3 Å². The van der Waals surface area contributed by atoms with Gasteiger partial charge < -0.3 is 0 Å². The van der Waals surface area contributed by atoms with E-state index in [1.165, 1.54) is 30.3 Å². The smallest absolute Gasteiger partial charge is 0.168 e. The van der Waals surface area contributed by atoms with Crippen molar-refractivity contribution >= 4 is 29.5 Å². The molecule has 0 aliphatic rings. The first-order valence-electron chi connectivity index (χ1n) is 4.68. The first kappa shape index (κ1) is 12.0. The van der Waals surface area contributed by atoms with Crippen molar-refractivity contribution in [3.05, 3.63) is 51.9 Å². The summed E-state index contributed by atoms with van der Waals surface area (Å²) >= 11 is 11.6. The average Bonchev–Trinajstić information content (AvgIpc) is 2.28. The molecule has 0 saturated carbocycles. The predicted octanol–water partition coefficient (Wildman–Crippen LogP) is 4.01. The van der Waals surface area contributed by atoms with Gasteiger partial charge in [-0.05, 0) is 30.3 Å². The zero-order chi connectivity index (χ0) is 12.4. The third-order valence-corrected chi connectivity index (χ3v) is 2.56. The Kier molecular flexibility index (Phi) is 3.41. The summed E-state index contributed by atoms with van der Waals surface area (Å²) in [6, 6.07) is 7.09. The van der Waals surface area contributed by atoms with E-state index >= 15 is 0 Å². The van der Waals surface area contributed by atoms with E-state index in [4.69, 9.17) is 23.2 Å². The second-order valence-corrected chi connectivity index (χ2v) is 4.22. The topological polar surface area (TPSA) is 30.0 Å². The number of hydrogen-bond donors (Lipinski definition) is 0. The van der Waals surface area contributed by atoms with Gasteiger partial charge in [0.05, 0.1) is 0 Å². The van der Waals surface area contributed by atoms with E-state index in [1.807, 2.05) is 0 Å². The molecule has 0 radical (unpaired) electrons. The van der Waals surface area contributed by atoms with Crippen molar-refractivity contribution < 1.29 is 9.18 Å². The molecule has 1 aromatic carbocycles. The first-order chi connectivity index (χ1) is 8.10. The lowest BCUT2D eigenvalue weighted by molar-refractivity contribution is 0.111. The number of carbonyl (C=O) groups excluding carboxylic acids is 1. The normalized spacial score (nSPS) is 10.3. The third kappa shape index (κ3) is 2.62. The Balaban J connectivity index is 2.62. The first-order valence-corrected chi connectivity index (χ1v) is 5.44. The fourth-order valence-electron chi connectivity index (χ4n) is 1.42. The van der Waals surface area contributed by atoms with Gasteiger partial charge in [0, 0.05) is 15.6 Å². The second kappa shape index (κ2) is 4.82. The Morgan fingerprint density at radius 3 is 2.35 bits per heavy atom. The van der Waals surface area contributed by atoms with E-state index in [2.05, 4.69) is 4.98 Å². The molecule has 0 amide bonds. The van der Waals surface area contributed by atoms with Gasteiger partial charge in [0.2, 0.25) is 0 Å². The summed E-state index contributed by atoms with van der Waals surface area (Å²) in [5.41, 5.74) is 0.639. The van der Waals surface area contributed by atoms with Crippen LogP contribution in [0.15, 0.2) is 30.3 Å². The maximum atomic E-state index is 13.6. The van der Waals surface area contributed by atoms with Crippen LogP contribution in [0.4, 0.5) is 4.39 Å². The van der Waals surface area contributed by atoms with Crippen LogP contribution in [-0.2, 0) is 0 Å². The van der Waals surface area contributed by atoms with Gasteiger partial charge in [-0.3, -0.25) is 4.79 Å². The summed E-state index contributed by atoms with van der Waals surface area (Å²) in [5, 5.41) is 0.760. The molecular weight excluding hydrogens is 264 g/mol. The molecule has 0 aliphatic heterocycles. The van der Waals surface area contributed by atoms with Crippen molar-refractivity contribution in [2.45, 2.75) is 0 Å². The Bertz CT molecular complexity index is 566. The minimum absolute atomic E-state index is 0.0546. The van der Waals surface area contributed by atoms with Crippen LogP contribution in [0.1, 0.15) is 10.5 Å². The van der Waals surface area contributed by atoms with Crippen molar-refractivity contribution in [3.8, 4) is 11.3 Å². The largest absolute Gasteiger partial charge is 0.296 e. The molecule has 0 atom stereocenters. The molecule has 0 N–H and O–H groups in total. The Labute approximate surface area is 107 Å². The van der Waals surface area contributed by atoms with Gasteiger partial charge in [0.1, 0.15) is 17.2 Å². The van der Waals surface area contributed by atoms with Crippen molar-refractivity contribution in [3.63, 3.8) is 0 Å². The fraction of sp³-hybridized carbons (Fsp3) is 0. The molecule has 86 valence electrons. The summed E-state index contributed by atoms with van der Waals surface area (Å²) in [4.78, 5) is 14.5. The van der Waals surface area contributed by atoms with E-state index < -0.39 is 5.82 Å². The highest BCUT2D eigenvalue weighted by atomic mass is 35.5. The molecule has 0 bridgehead atoms. The van der Waals surface area contributed by atoms with Crippen LogP contribution in [0.2, 0.25) is 10.0 Å². The lowest BCUT2D eigenvalue weighted by Crippen LogP contribution is -1.94. The number of aldehydes is 1. The van der Waals surface area contributed by atoms with Gasteiger partial charge in [0.15, 0.2) is 6.29 Å². The molecule has 17 heavy (non-hydrogen) atoms. The van der Waals surface area contributed by atoms with Crippen LogP contribution in [0, 0.1) is 5.82 Å². The summed E-state index contributed by atoms with van der Waals surface area (Å²) in [6.07, 6.45) is 0.551. The number of rotatable bonds is 2. The van der Waals surface area contributed by atoms with Crippen LogP contribution >= 0.6 is 23.2 Å². The number of carbonyl (C=O) groups is 1. The number of pyridine rings is 1. The predicted molar refractivity (Wildman–Crippen MR) is 65.0 cm³/mol. The zero-order valence-electron chi connectivity index (χ0n) is 8.45. The van der Waals surface area contributed by atoms with Crippen molar-refractivity contribution in [2.24, 2.45) is 0 Å². The molecule has 0 spiro atoms. The zero-order valence-corrected chi connectivity index (χ0v) is 9.97. The molecule has 2 aromatic rings. The van der Waals surface area contributed by atoms with Gasteiger partial charge in [-0.25, -0.2) is 9.37 Å². The highest BCUT2D eigenvalue weighted by molar-refractivity contribution is 6.35. The molecule has 0 fully saturated rings. The Morgan fingerprint density at radius 2 is 1.76 bits per heavy atom. The average molecular weight is 270 g/mol. The number of benzene rings is 1. The van der Waals surface area contributed by atoms with Gasteiger partial charge in [-0.1, -0.05) is 23.2 Å². The van der Waals surface area contributed by atoms with Gasteiger partial charge in [-0.15, -0.1) is 0 Å². The summed E-state index contributed by atoms with van der Waals surface area (Å²) < 4.78 is 13.6. The van der Waals surface area contributed by atoms with Crippen LogP contribution in [0.5, 0.6) is 0 Å². The van der Waals surface area contributed by atoms with E-state index in [1.54, 1.807) is 0 Å². The highest BCUT2D eigenvalue weighted by Gasteiger charge is 2.09. The van der Waals surface area contributed by atoms with Crippen molar-refractivity contribution in [1.82, 2.24) is 4.98 Å². The molecule has 1 heterocycles. The lowest BCUT2D eigenvalue weighted by Gasteiger charge is -2.04. The molecule has 1 aromatic heterocycles. The monoisotopic (exact) mass is 269 g/mol. The second-order valence-electron chi connectivity index (χ2n) is 3.34. The minimum Gasteiger partial charge on any atom is -0.296 e. The molecule has 0 saturated heterocycles. The van der Waals surface area contributed by atoms with Crippen LogP contribution in [-0.4, -0.2) is 11.3 Å². The van der Waals surface area contributed by atoms with Gasteiger partial charge in [-0.2, -0.15) is 0 Å². The Hall–Kier alpha value is -1.45. The van der Waals surface area contributed by atoms with Crippen molar-refractivity contribution in [2.75, 3.05) is 0 Å². The molecule has 2 nitrogen and oxygen atoms in total. The molecule has 5 heteroatoms. The minimum atomic E-state index is -0.533. The molecular formula is C12H6Cl2FNO. The van der Waals surface area contributed by atoms with E-state index in [-0.39, 0.29) is 11.4 Å². The van der Waals surface area contributed by atoms with E-state index in [9.17, 15) is 9.18 Å². The lowest BCUT2D eigenvalue weighted by atomic mass is 10.1. The van der Waals surface area contributed by atoms with Crippen molar-refractivity contribution in [1.29, 1.82) is 0 Å².